The third-order valence-electron chi connectivity index (χ3n) is 4.98. The number of rotatable bonds is 4. The van der Waals surface area contributed by atoms with Gasteiger partial charge in [0.25, 0.3) is 5.91 Å². The molecule has 8 heteroatoms. The second-order valence-corrected chi connectivity index (χ2v) is 9.71. The van der Waals surface area contributed by atoms with E-state index in [1.807, 2.05) is 24.3 Å². The minimum absolute atomic E-state index is 0.0213. The summed E-state index contributed by atoms with van der Waals surface area (Å²) in [4.78, 5) is 12.8. The van der Waals surface area contributed by atoms with Crippen LogP contribution >= 0.6 is 11.3 Å². The molecule has 3 aromatic rings. The van der Waals surface area contributed by atoms with Gasteiger partial charge in [0.15, 0.2) is 0 Å². The van der Waals surface area contributed by atoms with Crippen LogP contribution in [-0.2, 0) is 23.0 Å². The van der Waals surface area contributed by atoms with Crippen LogP contribution in [-0.4, -0.2) is 25.2 Å². The highest BCUT2D eigenvalue weighted by Gasteiger charge is 2.32. The van der Waals surface area contributed by atoms with E-state index in [9.17, 15) is 17.6 Å². The standard InChI is InChI=1S/C21H19FN2O3S2/c1-14-6-7-17(12-18(14)22)23-21(25)20-19(9-11-28-20)29(26,27)24-10-8-15-4-2-3-5-16(15)13-24/h2-7,9,11-12H,8,10,13H2,1H3,(H,23,25). The number of fused-ring (bicyclic) bond motifs is 1. The molecule has 0 unspecified atom stereocenters. The SMILES string of the molecule is Cc1ccc(NC(=O)c2sccc2S(=O)(=O)N2CCc3ccccc3C2)cc1F. The number of anilines is 1. The summed E-state index contributed by atoms with van der Waals surface area (Å²) in [6.07, 6.45) is 0.629. The molecule has 0 atom stereocenters. The molecule has 1 aliphatic rings. The summed E-state index contributed by atoms with van der Waals surface area (Å²) in [6, 6.07) is 13.6. The number of halogens is 1. The monoisotopic (exact) mass is 430 g/mol. The smallest absolute Gasteiger partial charge is 0.267 e. The van der Waals surface area contributed by atoms with Gasteiger partial charge in [-0.1, -0.05) is 30.3 Å². The highest BCUT2D eigenvalue weighted by Crippen LogP contribution is 2.30. The quantitative estimate of drug-likeness (QED) is 0.675. The molecule has 29 heavy (non-hydrogen) atoms. The molecule has 2 aromatic carbocycles. The van der Waals surface area contributed by atoms with Crippen LogP contribution in [0.3, 0.4) is 0 Å². The summed E-state index contributed by atoms with van der Waals surface area (Å²) in [5, 5.41) is 4.17. The zero-order valence-corrected chi connectivity index (χ0v) is 17.3. The maximum Gasteiger partial charge on any atom is 0.267 e. The molecule has 1 aromatic heterocycles. The molecule has 5 nitrogen and oxygen atoms in total. The van der Waals surface area contributed by atoms with Crippen molar-refractivity contribution in [2.75, 3.05) is 11.9 Å². The fourth-order valence-electron chi connectivity index (χ4n) is 3.34. The van der Waals surface area contributed by atoms with Crippen LogP contribution in [0.1, 0.15) is 26.4 Å². The summed E-state index contributed by atoms with van der Waals surface area (Å²) in [7, 11) is -3.84. The van der Waals surface area contributed by atoms with Gasteiger partial charge in [0.1, 0.15) is 15.6 Å². The lowest BCUT2D eigenvalue weighted by Gasteiger charge is -2.28. The molecular formula is C21H19FN2O3S2. The molecular weight excluding hydrogens is 411 g/mol. The molecule has 0 saturated carbocycles. The van der Waals surface area contributed by atoms with E-state index in [-0.39, 0.29) is 22.0 Å². The van der Waals surface area contributed by atoms with Crippen LogP contribution in [0, 0.1) is 12.7 Å². The maximum absolute atomic E-state index is 13.8. The highest BCUT2D eigenvalue weighted by molar-refractivity contribution is 7.89. The van der Waals surface area contributed by atoms with Crippen molar-refractivity contribution in [1.29, 1.82) is 0 Å². The van der Waals surface area contributed by atoms with Crippen molar-refractivity contribution in [3.63, 3.8) is 0 Å². The Labute approximate surface area is 172 Å². The first-order chi connectivity index (χ1) is 13.9. The fraction of sp³-hybridized carbons (Fsp3) is 0.190. The van der Waals surface area contributed by atoms with Crippen molar-refractivity contribution in [1.82, 2.24) is 4.31 Å². The Morgan fingerprint density at radius 3 is 2.66 bits per heavy atom. The van der Waals surface area contributed by atoms with Crippen molar-refractivity contribution in [2.45, 2.75) is 24.8 Å². The van der Waals surface area contributed by atoms with Gasteiger partial charge >= 0.3 is 0 Å². The number of carbonyl (C=O) groups excluding carboxylic acids is 1. The van der Waals surface area contributed by atoms with Gasteiger partial charge in [-0.15, -0.1) is 11.3 Å². The average Bonchev–Trinajstić information content (AvgIpc) is 3.21. The molecule has 4 rings (SSSR count). The highest BCUT2D eigenvalue weighted by atomic mass is 32.2. The number of sulfonamides is 1. The van der Waals surface area contributed by atoms with Crippen molar-refractivity contribution < 1.29 is 17.6 Å². The van der Waals surface area contributed by atoms with E-state index in [2.05, 4.69) is 5.32 Å². The molecule has 0 fully saturated rings. The van der Waals surface area contributed by atoms with E-state index in [4.69, 9.17) is 0 Å². The third-order valence-corrected chi connectivity index (χ3v) is 7.91. The van der Waals surface area contributed by atoms with Gasteiger partial charge in [-0.2, -0.15) is 4.31 Å². The van der Waals surface area contributed by atoms with Crippen LogP contribution in [0.4, 0.5) is 10.1 Å². The molecule has 0 spiro atoms. The molecule has 1 N–H and O–H groups in total. The van der Waals surface area contributed by atoms with E-state index >= 15 is 0 Å². The first-order valence-corrected chi connectivity index (χ1v) is 11.4. The molecule has 150 valence electrons. The number of hydrogen-bond acceptors (Lipinski definition) is 4. The van der Waals surface area contributed by atoms with Crippen LogP contribution in [0.5, 0.6) is 0 Å². The van der Waals surface area contributed by atoms with Gasteiger partial charge in [0, 0.05) is 18.8 Å². The van der Waals surface area contributed by atoms with Gasteiger partial charge in [-0.3, -0.25) is 4.79 Å². The van der Waals surface area contributed by atoms with Crippen molar-refractivity contribution in [3.05, 3.63) is 81.3 Å². The topological polar surface area (TPSA) is 66.5 Å². The maximum atomic E-state index is 13.8. The van der Waals surface area contributed by atoms with Gasteiger partial charge in [0.2, 0.25) is 10.0 Å². The van der Waals surface area contributed by atoms with Gasteiger partial charge in [-0.25, -0.2) is 12.8 Å². The Bertz CT molecular complexity index is 1190. The second kappa shape index (κ2) is 7.70. The molecule has 0 bridgehead atoms. The second-order valence-electron chi connectivity index (χ2n) is 6.89. The summed E-state index contributed by atoms with van der Waals surface area (Å²) in [5.74, 6) is -1.01. The third kappa shape index (κ3) is 3.83. The Morgan fingerprint density at radius 2 is 1.90 bits per heavy atom. The number of nitrogens with one attached hydrogen (secondary N) is 1. The Hall–Kier alpha value is -2.55. The van der Waals surface area contributed by atoms with Crippen molar-refractivity contribution >= 4 is 33.0 Å². The molecule has 0 radical (unpaired) electrons. The Morgan fingerprint density at radius 1 is 1.14 bits per heavy atom. The zero-order chi connectivity index (χ0) is 20.6. The number of nitrogens with zero attached hydrogens (tertiary/aromatic N) is 1. The average molecular weight is 431 g/mol. The predicted molar refractivity (Wildman–Crippen MR) is 111 cm³/mol. The number of carbonyl (C=O) groups is 1. The molecule has 1 amide bonds. The summed E-state index contributed by atoms with van der Waals surface area (Å²) < 4.78 is 41.6. The molecule has 0 saturated heterocycles. The lowest BCUT2D eigenvalue weighted by Crippen LogP contribution is -2.36. The van der Waals surface area contributed by atoms with E-state index in [1.165, 1.54) is 16.4 Å². The van der Waals surface area contributed by atoms with E-state index < -0.39 is 21.7 Å². The lowest BCUT2D eigenvalue weighted by molar-refractivity contribution is 0.102. The molecule has 0 aliphatic carbocycles. The van der Waals surface area contributed by atoms with Crippen LogP contribution in [0.25, 0.3) is 0 Å². The largest absolute Gasteiger partial charge is 0.321 e. The number of aryl methyl sites for hydroxylation is 1. The minimum Gasteiger partial charge on any atom is -0.321 e. The first-order valence-electron chi connectivity index (χ1n) is 9.08. The van der Waals surface area contributed by atoms with Gasteiger partial charge in [0.05, 0.1) is 0 Å². The number of hydrogen-bond donors (Lipinski definition) is 1. The minimum atomic E-state index is -3.84. The Kier molecular flexibility index (Phi) is 5.24. The fourth-order valence-corrected chi connectivity index (χ4v) is 6.05. The summed E-state index contributed by atoms with van der Waals surface area (Å²) in [6.45, 7) is 2.26. The van der Waals surface area contributed by atoms with Gasteiger partial charge in [-0.05, 0) is 53.6 Å². The number of thiophene rings is 1. The Balaban J connectivity index is 1.59. The van der Waals surface area contributed by atoms with E-state index in [0.29, 0.717) is 18.5 Å². The van der Waals surface area contributed by atoms with E-state index in [0.717, 1.165) is 22.5 Å². The van der Waals surface area contributed by atoms with Crippen molar-refractivity contribution in [3.8, 4) is 0 Å². The van der Waals surface area contributed by atoms with Crippen LogP contribution in [0.15, 0.2) is 58.8 Å². The number of amides is 1. The van der Waals surface area contributed by atoms with Crippen LogP contribution < -0.4 is 5.32 Å². The van der Waals surface area contributed by atoms with Crippen molar-refractivity contribution in [2.24, 2.45) is 0 Å². The predicted octanol–water partition coefficient (Wildman–Crippen LogP) is 4.19. The zero-order valence-electron chi connectivity index (χ0n) is 15.7. The normalized spacial score (nSPS) is 14.4. The molecule has 2 heterocycles. The van der Waals surface area contributed by atoms with Crippen LogP contribution in [0.2, 0.25) is 0 Å². The van der Waals surface area contributed by atoms with Gasteiger partial charge < -0.3 is 5.32 Å². The molecule has 1 aliphatic heterocycles. The summed E-state index contributed by atoms with van der Waals surface area (Å²) >= 11 is 1.05. The number of benzene rings is 2. The first kappa shape index (κ1) is 19.8. The summed E-state index contributed by atoms with van der Waals surface area (Å²) in [5.41, 5.74) is 2.86. The lowest BCUT2D eigenvalue weighted by atomic mass is 10.0. The van der Waals surface area contributed by atoms with E-state index in [1.54, 1.807) is 24.4 Å².